The van der Waals surface area contributed by atoms with Crippen LogP contribution in [-0.4, -0.2) is 25.5 Å². The first kappa shape index (κ1) is 7.54. The summed E-state index contributed by atoms with van der Waals surface area (Å²) in [5, 5.41) is 5.98. The van der Waals surface area contributed by atoms with Crippen LogP contribution in [0.15, 0.2) is 0 Å². The van der Waals surface area contributed by atoms with Crippen molar-refractivity contribution < 1.29 is 4.79 Å². The largest absolute Gasteiger partial charge is 0.354 e. The lowest BCUT2D eigenvalue weighted by Gasteiger charge is -2.17. The van der Waals surface area contributed by atoms with Gasteiger partial charge in [-0.2, -0.15) is 0 Å². The van der Waals surface area contributed by atoms with Gasteiger partial charge in [-0.15, -0.1) is 0 Å². The van der Waals surface area contributed by atoms with Crippen molar-refractivity contribution in [1.29, 1.82) is 0 Å². The number of rotatable bonds is 3. The van der Waals surface area contributed by atoms with Crippen molar-refractivity contribution in [2.45, 2.75) is 31.3 Å². The molecule has 10 heavy (non-hydrogen) atoms. The first-order chi connectivity index (χ1) is 4.88. The molecular weight excluding hydrogens is 128 g/mol. The Balaban J connectivity index is 2.34. The standard InChI is InChI=1S/C7H14N2O/c1-8-6-3-2-4-7(6)9-5-10/h5-8H,2-4H2,1H3,(H,9,10). The first-order valence-electron chi connectivity index (χ1n) is 3.75. The van der Waals surface area contributed by atoms with E-state index in [0.29, 0.717) is 12.1 Å². The maximum atomic E-state index is 10.1. The molecule has 3 nitrogen and oxygen atoms in total. The molecule has 2 atom stereocenters. The highest BCUT2D eigenvalue weighted by Crippen LogP contribution is 2.17. The van der Waals surface area contributed by atoms with Gasteiger partial charge < -0.3 is 10.6 Å². The molecule has 0 aliphatic heterocycles. The third-order valence-corrected chi connectivity index (χ3v) is 2.17. The van der Waals surface area contributed by atoms with Crippen LogP contribution >= 0.6 is 0 Å². The van der Waals surface area contributed by atoms with E-state index in [-0.39, 0.29) is 0 Å². The summed E-state index contributed by atoms with van der Waals surface area (Å²) in [6, 6.07) is 0.854. The maximum Gasteiger partial charge on any atom is 0.207 e. The molecule has 0 heterocycles. The van der Waals surface area contributed by atoms with E-state index in [4.69, 9.17) is 0 Å². The van der Waals surface area contributed by atoms with Crippen molar-refractivity contribution in [3.8, 4) is 0 Å². The SMILES string of the molecule is CNC1CCCC1NC=O. The fraction of sp³-hybridized carbons (Fsp3) is 0.857. The van der Waals surface area contributed by atoms with Gasteiger partial charge in [0.1, 0.15) is 0 Å². The van der Waals surface area contributed by atoms with Crippen LogP contribution in [0, 0.1) is 0 Å². The molecule has 0 spiro atoms. The van der Waals surface area contributed by atoms with Crippen molar-refractivity contribution in [2.24, 2.45) is 0 Å². The van der Waals surface area contributed by atoms with Crippen molar-refractivity contribution in [2.75, 3.05) is 7.05 Å². The highest BCUT2D eigenvalue weighted by atomic mass is 16.1. The minimum atomic E-state index is 0.363. The Morgan fingerprint density at radius 2 is 2.10 bits per heavy atom. The Morgan fingerprint density at radius 1 is 1.40 bits per heavy atom. The molecule has 1 fully saturated rings. The van der Waals surface area contributed by atoms with Crippen molar-refractivity contribution >= 4 is 6.41 Å². The van der Waals surface area contributed by atoms with Gasteiger partial charge in [-0.3, -0.25) is 4.79 Å². The lowest BCUT2D eigenvalue weighted by atomic mass is 10.2. The van der Waals surface area contributed by atoms with E-state index >= 15 is 0 Å². The predicted octanol–water partition coefficient (Wildman–Crippen LogP) is -0.127. The van der Waals surface area contributed by atoms with Crippen LogP contribution in [-0.2, 0) is 4.79 Å². The Morgan fingerprint density at radius 3 is 2.70 bits per heavy atom. The van der Waals surface area contributed by atoms with Crippen LogP contribution in [0.25, 0.3) is 0 Å². The molecule has 1 amide bonds. The lowest BCUT2D eigenvalue weighted by Crippen LogP contribution is -2.42. The molecular formula is C7H14N2O. The van der Waals surface area contributed by atoms with Crippen LogP contribution < -0.4 is 10.6 Å². The summed E-state index contributed by atoms with van der Waals surface area (Å²) in [4.78, 5) is 10.1. The second kappa shape index (κ2) is 3.56. The van der Waals surface area contributed by atoms with Gasteiger partial charge in [0.25, 0.3) is 0 Å². The van der Waals surface area contributed by atoms with Gasteiger partial charge in [-0.05, 0) is 26.3 Å². The summed E-state index contributed by atoms with van der Waals surface area (Å²) in [6.07, 6.45) is 4.31. The molecule has 0 aromatic heterocycles. The zero-order valence-corrected chi connectivity index (χ0v) is 6.26. The second-order valence-corrected chi connectivity index (χ2v) is 2.72. The van der Waals surface area contributed by atoms with E-state index in [1.165, 1.54) is 12.8 Å². The molecule has 0 saturated heterocycles. The lowest BCUT2D eigenvalue weighted by molar-refractivity contribution is -0.110. The molecule has 1 rings (SSSR count). The normalized spacial score (nSPS) is 32.1. The minimum Gasteiger partial charge on any atom is -0.354 e. The molecule has 2 unspecified atom stereocenters. The van der Waals surface area contributed by atoms with E-state index in [2.05, 4.69) is 10.6 Å². The number of carbonyl (C=O) groups is 1. The molecule has 0 aromatic rings. The van der Waals surface area contributed by atoms with Crippen molar-refractivity contribution in [3.63, 3.8) is 0 Å². The summed E-state index contributed by atoms with van der Waals surface area (Å²) < 4.78 is 0. The number of nitrogens with one attached hydrogen (secondary N) is 2. The molecule has 3 heteroatoms. The fourth-order valence-electron chi connectivity index (χ4n) is 1.59. The highest BCUT2D eigenvalue weighted by Gasteiger charge is 2.24. The third-order valence-electron chi connectivity index (χ3n) is 2.17. The minimum absolute atomic E-state index is 0.363. The maximum absolute atomic E-state index is 10.1. The number of amides is 1. The monoisotopic (exact) mass is 142 g/mol. The summed E-state index contributed by atoms with van der Waals surface area (Å²) in [6.45, 7) is 0. The summed E-state index contributed by atoms with van der Waals surface area (Å²) in [5.41, 5.74) is 0. The molecule has 58 valence electrons. The zero-order chi connectivity index (χ0) is 7.40. The summed E-state index contributed by atoms with van der Waals surface area (Å²) >= 11 is 0. The summed E-state index contributed by atoms with van der Waals surface area (Å²) in [5.74, 6) is 0. The van der Waals surface area contributed by atoms with Gasteiger partial charge in [-0.1, -0.05) is 0 Å². The quantitative estimate of drug-likeness (QED) is 0.539. The molecule has 1 aliphatic rings. The number of hydrogen-bond acceptors (Lipinski definition) is 2. The van der Waals surface area contributed by atoms with Gasteiger partial charge in [0.05, 0.1) is 0 Å². The topological polar surface area (TPSA) is 41.1 Å². The van der Waals surface area contributed by atoms with Crippen LogP contribution in [0.4, 0.5) is 0 Å². The number of likely N-dealkylation sites (N-methyl/N-ethyl adjacent to an activating group) is 1. The van der Waals surface area contributed by atoms with E-state index in [1.54, 1.807) is 0 Å². The van der Waals surface area contributed by atoms with E-state index in [1.807, 2.05) is 7.05 Å². The Bertz CT molecular complexity index is 116. The number of carbonyl (C=O) groups excluding carboxylic acids is 1. The molecule has 1 aliphatic carbocycles. The van der Waals surface area contributed by atoms with Gasteiger partial charge in [0.15, 0.2) is 0 Å². The van der Waals surface area contributed by atoms with Crippen LogP contribution in [0.3, 0.4) is 0 Å². The molecule has 0 bridgehead atoms. The van der Waals surface area contributed by atoms with Crippen LogP contribution in [0.2, 0.25) is 0 Å². The molecule has 0 radical (unpaired) electrons. The van der Waals surface area contributed by atoms with E-state index in [9.17, 15) is 4.79 Å². The molecule has 2 N–H and O–H groups in total. The molecule has 1 saturated carbocycles. The van der Waals surface area contributed by atoms with E-state index in [0.717, 1.165) is 12.8 Å². The predicted molar refractivity (Wildman–Crippen MR) is 39.7 cm³/mol. The van der Waals surface area contributed by atoms with Crippen LogP contribution in [0.5, 0.6) is 0 Å². The molecule has 0 aromatic carbocycles. The Kier molecular flexibility index (Phi) is 2.68. The van der Waals surface area contributed by atoms with Gasteiger partial charge in [0, 0.05) is 12.1 Å². The zero-order valence-electron chi connectivity index (χ0n) is 6.26. The van der Waals surface area contributed by atoms with E-state index < -0.39 is 0 Å². The first-order valence-corrected chi connectivity index (χ1v) is 3.75. The summed E-state index contributed by atoms with van der Waals surface area (Å²) in [7, 11) is 1.94. The van der Waals surface area contributed by atoms with Gasteiger partial charge >= 0.3 is 0 Å². The number of hydrogen-bond donors (Lipinski definition) is 2. The third kappa shape index (κ3) is 1.48. The van der Waals surface area contributed by atoms with Gasteiger partial charge in [-0.25, -0.2) is 0 Å². The van der Waals surface area contributed by atoms with Crippen molar-refractivity contribution in [1.82, 2.24) is 10.6 Å². The average molecular weight is 142 g/mol. The second-order valence-electron chi connectivity index (χ2n) is 2.72. The Labute approximate surface area is 61.2 Å². The highest BCUT2D eigenvalue weighted by molar-refractivity contribution is 5.47. The van der Waals surface area contributed by atoms with Crippen LogP contribution in [0.1, 0.15) is 19.3 Å². The fourth-order valence-corrected chi connectivity index (χ4v) is 1.59. The smallest absolute Gasteiger partial charge is 0.207 e. The average Bonchev–Trinajstić information content (AvgIpc) is 2.36. The van der Waals surface area contributed by atoms with Crippen molar-refractivity contribution in [3.05, 3.63) is 0 Å². The van der Waals surface area contributed by atoms with Gasteiger partial charge in [0.2, 0.25) is 6.41 Å². The Hall–Kier alpha value is -0.570.